The molecule has 1 unspecified atom stereocenters. The Bertz CT molecular complexity index is 957. The number of allylic oxidation sites excluding steroid dienone is 12. The molecule has 0 aromatic carbocycles. The number of esters is 2. The van der Waals surface area contributed by atoms with Crippen molar-refractivity contribution in [3.63, 3.8) is 0 Å². The molecule has 0 heterocycles. The first-order chi connectivity index (χ1) is 25.6. The van der Waals surface area contributed by atoms with E-state index >= 15 is 0 Å². The highest BCUT2D eigenvalue weighted by molar-refractivity contribution is 5.70. The lowest BCUT2D eigenvalue weighted by Gasteiger charge is -2.15. The number of aliphatic hydroxyl groups is 1. The lowest BCUT2D eigenvalue weighted by molar-refractivity contribution is -0.161. The Labute approximate surface area is 321 Å². The molecule has 0 fully saturated rings. The van der Waals surface area contributed by atoms with Crippen LogP contribution in [0.5, 0.6) is 0 Å². The number of hydrogen-bond acceptors (Lipinski definition) is 5. The summed E-state index contributed by atoms with van der Waals surface area (Å²) in [7, 11) is 0. The second-order valence-corrected chi connectivity index (χ2v) is 14.0. The Hall–Kier alpha value is -2.66. The molecule has 52 heavy (non-hydrogen) atoms. The Morgan fingerprint density at radius 3 is 1.33 bits per heavy atom. The molecule has 1 atom stereocenters. The van der Waals surface area contributed by atoms with Crippen LogP contribution in [-0.4, -0.2) is 36.4 Å². The molecular weight excluding hydrogens is 645 g/mol. The van der Waals surface area contributed by atoms with E-state index in [-0.39, 0.29) is 31.6 Å². The van der Waals surface area contributed by atoms with Crippen LogP contribution in [0.1, 0.15) is 194 Å². The molecule has 0 aliphatic heterocycles. The average molecular weight is 725 g/mol. The van der Waals surface area contributed by atoms with Gasteiger partial charge in [0.2, 0.25) is 0 Å². The lowest BCUT2D eigenvalue weighted by Crippen LogP contribution is -2.28. The fraction of sp³-hybridized carbons (Fsp3) is 0.702. The third-order valence-electron chi connectivity index (χ3n) is 8.98. The normalized spacial score (nSPS) is 12.9. The van der Waals surface area contributed by atoms with Gasteiger partial charge in [0.15, 0.2) is 6.10 Å². The van der Waals surface area contributed by atoms with Gasteiger partial charge in [0.25, 0.3) is 0 Å². The summed E-state index contributed by atoms with van der Waals surface area (Å²) >= 11 is 0. The first-order valence-electron chi connectivity index (χ1n) is 21.5. The zero-order chi connectivity index (χ0) is 37.8. The largest absolute Gasteiger partial charge is 0.462 e. The highest BCUT2D eigenvalue weighted by atomic mass is 16.6. The van der Waals surface area contributed by atoms with Crippen LogP contribution < -0.4 is 0 Å². The third-order valence-corrected chi connectivity index (χ3v) is 8.98. The van der Waals surface area contributed by atoms with Crippen LogP contribution in [0.15, 0.2) is 72.9 Å². The number of rotatable bonds is 38. The van der Waals surface area contributed by atoms with Crippen molar-refractivity contribution in [3.05, 3.63) is 72.9 Å². The molecule has 5 nitrogen and oxygen atoms in total. The number of aliphatic hydroxyl groups excluding tert-OH is 1. The second-order valence-electron chi connectivity index (χ2n) is 14.0. The average Bonchev–Trinajstić information content (AvgIpc) is 3.15. The highest BCUT2D eigenvalue weighted by Gasteiger charge is 2.16. The van der Waals surface area contributed by atoms with Crippen molar-refractivity contribution in [2.45, 2.75) is 200 Å². The van der Waals surface area contributed by atoms with Crippen molar-refractivity contribution in [3.8, 4) is 0 Å². The number of carbonyl (C=O) groups is 2. The molecule has 298 valence electrons. The standard InChI is InChI=1S/C47H80O5/c1-3-5-7-9-11-13-15-17-19-21-22-23-24-26-27-29-31-33-35-37-39-41-46(49)51-44-45(43-48)52-47(50)42-40-38-36-34-32-30-28-25-20-18-16-14-12-10-8-6-4-2/h6,8,12,14,18,20-22,28,30,34,36,45,48H,3-5,7,9-11,13,15-17,19,23-27,29,31-33,35,37-44H2,1-2H3/b8-6-,14-12-,20-18-,22-21-,30-28-,36-34-. The van der Waals surface area contributed by atoms with E-state index in [4.69, 9.17) is 9.47 Å². The van der Waals surface area contributed by atoms with Gasteiger partial charge in [-0.1, -0.05) is 177 Å². The molecule has 0 aromatic heterocycles. The van der Waals surface area contributed by atoms with Gasteiger partial charge in [0.05, 0.1) is 6.61 Å². The first kappa shape index (κ1) is 49.3. The molecule has 0 aliphatic rings. The summed E-state index contributed by atoms with van der Waals surface area (Å²) in [5.74, 6) is -0.664. The van der Waals surface area contributed by atoms with Crippen LogP contribution in [0.3, 0.4) is 0 Å². The molecule has 0 saturated heterocycles. The summed E-state index contributed by atoms with van der Waals surface area (Å²) in [5.41, 5.74) is 0. The fourth-order valence-electron chi connectivity index (χ4n) is 5.76. The van der Waals surface area contributed by atoms with Crippen LogP contribution in [0.4, 0.5) is 0 Å². The van der Waals surface area contributed by atoms with E-state index in [1.165, 1.54) is 103 Å². The van der Waals surface area contributed by atoms with Crippen LogP contribution >= 0.6 is 0 Å². The van der Waals surface area contributed by atoms with Crippen LogP contribution in [0.25, 0.3) is 0 Å². The summed E-state index contributed by atoms with van der Waals surface area (Å²) in [6, 6.07) is 0. The Balaban J connectivity index is 3.62. The maximum absolute atomic E-state index is 12.2. The molecule has 0 bridgehead atoms. The van der Waals surface area contributed by atoms with E-state index in [0.717, 1.165) is 57.8 Å². The van der Waals surface area contributed by atoms with Gasteiger partial charge in [-0.2, -0.15) is 0 Å². The van der Waals surface area contributed by atoms with Crippen molar-refractivity contribution < 1.29 is 24.2 Å². The maximum atomic E-state index is 12.2. The van der Waals surface area contributed by atoms with Crippen molar-refractivity contribution in [2.24, 2.45) is 0 Å². The maximum Gasteiger partial charge on any atom is 0.306 e. The van der Waals surface area contributed by atoms with Crippen molar-refractivity contribution in [1.82, 2.24) is 0 Å². The lowest BCUT2D eigenvalue weighted by atomic mass is 10.1. The molecule has 0 amide bonds. The summed E-state index contributed by atoms with van der Waals surface area (Å²) in [5, 5.41) is 9.57. The van der Waals surface area contributed by atoms with Gasteiger partial charge in [-0.05, 0) is 77.0 Å². The summed E-state index contributed by atoms with van der Waals surface area (Å²) in [6.45, 7) is 3.97. The molecule has 0 aliphatic carbocycles. The van der Waals surface area contributed by atoms with E-state index < -0.39 is 6.10 Å². The Kier molecular flexibility index (Phi) is 40.6. The molecule has 0 spiro atoms. The van der Waals surface area contributed by atoms with Crippen molar-refractivity contribution in [2.75, 3.05) is 13.2 Å². The number of unbranched alkanes of at least 4 members (excludes halogenated alkanes) is 18. The minimum absolute atomic E-state index is 0.0924. The van der Waals surface area contributed by atoms with Gasteiger partial charge in [0.1, 0.15) is 6.61 Å². The zero-order valence-electron chi connectivity index (χ0n) is 33.8. The molecule has 0 radical (unpaired) electrons. The minimum Gasteiger partial charge on any atom is -0.462 e. The van der Waals surface area contributed by atoms with E-state index in [1.807, 2.05) is 0 Å². The summed E-state index contributed by atoms with van der Waals surface area (Å²) < 4.78 is 10.6. The molecule has 0 saturated carbocycles. The van der Waals surface area contributed by atoms with Gasteiger partial charge in [-0.3, -0.25) is 9.59 Å². The van der Waals surface area contributed by atoms with E-state index in [9.17, 15) is 14.7 Å². The summed E-state index contributed by atoms with van der Waals surface area (Å²) in [4.78, 5) is 24.3. The van der Waals surface area contributed by atoms with Crippen molar-refractivity contribution in [1.29, 1.82) is 0 Å². The smallest absolute Gasteiger partial charge is 0.306 e. The Morgan fingerprint density at radius 1 is 0.462 bits per heavy atom. The quantitative estimate of drug-likeness (QED) is 0.0390. The Morgan fingerprint density at radius 2 is 0.846 bits per heavy atom. The van der Waals surface area contributed by atoms with Crippen molar-refractivity contribution >= 4 is 11.9 Å². The zero-order valence-corrected chi connectivity index (χ0v) is 33.8. The van der Waals surface area contributed by atoms with Gasteiger partial charge < -0.3 is 14.6 Å². The predicted octanol–water partition coefficient (Wildman–Crippen LogP) is 13.7. The topological polar surface area (TPSA) is 72.8 Å². The second kappa shape index (κ2) is 42.8. The highest BCUT2D eigenvalue weighted by Crippen LogP contribution is 2.13. The van der Waals surface area contributed by atoms with Gasteiger partial charge in [-0.25, -0.2) is 0 Å². The van der Waals surface area contributed by atoms with Crippen LogP contribution in [-0.2, 0) is 19.1 Å². The molecular formula is C47H80O5. The van der Waals surface area contributed by atoms with Crippen LogP contribution in [0.2, 0.25) is 0 Å². The minimum atomic E-state index is -0.805. The summed E-state index contributed by atoms with van der Waals surface area (Å²) in [6.07, 6.45) is 56.9. The monoisotopic (exact) mass is 725 g/mol. The van der Waals surface area contributed by atoms with E-state index in [0.29, 0.717) is 12.8 Å². The van der Waals surface area contributed by atoms with Crippen LogP contribution in [0, 0.1) is 0 Å². The first-order valence-corrected chi connectivity index (χ1v) is 21.5. The third kappa shape index (κ3) is 40.1. The molecule has 0 aromatic rings. The molecule has 1 N–H and O–H groups in total. The number of ether oxygens (including phenoxy) is 2. The SMILES string of the molecule is CC/C=C\C/C=C\C/C=C\C/C=C\C/C=C\CCCC(=O)OC(CO)COC(=O)CCCCCCCCCCC/C=C\CCCCCCCCCC. The molecule has 5 heteroatoms. The number of hydrogen-bond donors (Lipinski definition) is 1. The van der Waals surface area contributed by atoms with Gasteiger partial charge in [-0.15, -0.1) is 0 Å². The predicted molar refractivity (Wildman–Crippen MR) is 223 cm³/mol. The molecule has 0 rings (SSSR count). The van der Waals surface area contributed by atoms with E-state index in [1.54, 1.807) is 0 Å². The van der Waals surface area contributed by atoms with Gasteiger partial charge in [0, 0.05) is 12.8 Å². The number of carbonyl (C=O) groups excluding carboxylic acids is 2. The van der Waals surface area contributed by atoms with E-state index in [2.05, 4.69) is 86.8 Å². The fourth-order valence-corrected chi connectivity index (χ4v) is 5.76. The van der Waals surface area contributed by atoms with Gasteiger partial charge >= 0.3 is 11.9 Å².